The Morgan fingerprint density at radius 3 is 2.83 bits per heavy atom. The van der Waals surface area contributed by atoms with Gasteiger partial charge in [-0.3, -0.25) is 9.69 Å². The van der Waals surface area contributed by atoms with Gasteiger partial charge < -0.3 is 9.64 Å². The molecule has 0 saturated carbocycles. The number of hydrogen-bond donors (Lipinski definition) is 0. The number of carbonyl (C=O) groups excluding carboxylic acids is 1. The van der Waals surface area contributed by atoms with Gasteiger partial charge in [0, 0.05) is 44.7 Å². The molecule has 1 aromatic heterocycles. The molecule has 154 valence electrons. The first-order valence-corrected chi connectivity index (χ1v) is 10.7. The molecule has 1 aromatic carbocycles. The summed E-state index contributed by atoms with van der Waals surface area (Å²) in [6.07, 6.45) is 2.81. The summed E-state index contributed by atoms with van der Waals surface area (Å²) in [6, 6.07) is 10.6. The predicted octanol–water partition coefficient (Wildman–Crippen LogP) is 3.12. The highest BCUT2D eigenvalue weighted by molar-refractivity contribution is 5.73. The summed E-state index contributed by atoms with van der Waals surface area (Å²) >= 11 is 0. The second kappa shape index (κ2) is 8.91. The molecule has 0 spiro atoms. The van der Waals surface area contributed by atoms with Gasteiger partial charge in [-0.2, -0.15) is 0 Å². The average molecular weight is 395 g/mol. The van der Waals surface area contributed by atoms with E-state index in [9.17, 15) is 4.79 Å². The Hall–Kier alpha value is -2.47. The van der Waals surface area contributed by atoms with Gasteiger partial charge in [-0.1, -0.05) is 30.3 Å². The highest BCUT2D eigenvalue weighted by Gasteiger charge is 2.31. The van der Waals surface area contributed by atoms with Crippen molar-refractivity contribution in [1.82, 2.24) is 14.9 Å². The molecule has 0 amide bonds. The Kier molecular flexibility index (Phi) is 6.09. The molecule has 1 fully saturated rings. The van der Waals surface area contributed by atoms with Crippen LogP contribution in [0.1, 0.15) is 42.4 Å². The molecular weight excluding hydrogens is 364 g/mol. The van der Waals surface area contributed by atoms with Crippen LogP contribution in [-0.4, -0.2) is 47.1 Å². The summed E-state index contributed by atoms with van der Waals surface area (Å²) in [6.45, 7) is 8.66. The fraction of sp³-hybridized carbons (Fsp3) is 0.522. The fourth-order valence-corrected chi connectivity index (χ4v) is 4.43. The standard InChI is InChI=1S/C23H30N4O2/c1-3-29-23(28)19-10-7-12-27(15-19)22-20-16-26(14-18-8-5-4-6-9-18)13-11-21(20)24-17(2)25-22/h4-6,8-9,19H,3,7,10-16H2,1-2H3/t19-/m1/s1. The number of rotatable bonds is 5. The van der Waals surface area contributed by atoms with Crippen LogP contribution >= 0.6 is 0 Å². The molecule has 0 bridgehead atoms. The number of fused-ring (bicyclic) bond motifs is 1. The number of anilines is 1. The number of esters is 1. The van der Waals surface area contributed by atoms with Gasteiger partial charge >= 0.3 is 5.97 Å². The van der Waals surface area contributed by atoms with Crippen LogP contribution in [0.25, 0.3) is 0 Å². The molecule has 2 aromatic rings. The highest BCUT2D eigenvalue weighted by atomic mass is 16.5. The average Bonchev–Trinajstić information content (AvgIpc) is 2.74. The molecule has 29 heavy (non-hydrogen) atoms. The highest BCUT2D eigenvalue weighted by Crippen LogP contribution is 2.30. The molecule has 2 aliphatic heterocycles. The SMILES string of the molecule is CCOC(=O)[C@@H]1CCCN(c2nc(C)nc3c2CN(Cc2ccccc2)CC3)C1. The van der Waals surface area contributed by atoms with Crippen molar-refractivity contribution in [1.29, 1.82) is 0 Å². The predicted molar refractivity (Wildman–Crippen MR) is 113 cm³/mol. The summed E-state index contributed by atoms with van der Waals surface area (Å²) in [7, 11) is 0. The van der Waals surface area contributed by atoms with Gasteiger partial charge in [0.05, 0.1) is 18.2 Å². The zero-order valence-corrected chi connectivity index (χ0v) is 17.4. The summed E-state index contributed by atoms with van der Waals surface area (Å²) in [5.41, 5.74) is 3.71. The number of nitrogens with zero attached hydrogens (tertiary/aromatic N) is 4. The molecule has 0 N–H and O–H groups in total. The Morgan fingerprint density at radius 2 is 2.03 bits per heavy atom. The van der Waals surface area contributed by atoms with Crippen LogP contribution < -0.4 is 4.90 Å². The smallest absolute Gasteiger partial charge is 0.310 e. The molecule has 0 radical (unpaired) electrons. The molecule has 4 rings (SSSR count). The summed E-state index contributed by atoms with van der Waals surface area (Å²) in [4.78, 5) is 26.6. The van der Waals surface area contributed by atoms with Crippen molar-refractivity contribution in [3.63, 3.8) is 0 Å². The molecule has 3 heterocycles. The van der Waals surface area contributed by atoms with E-state index in [1.165, 1.54) is 11.1 Å². The molecule has 2 aliphatic rings. The number of ether oxygens (including phenoxy) is 1. The van der Waals surface area contributed by atoms with E-state index >= 15 is 0 Å². The molecule has 1 atom stereocenters. The zero-order chi connectivity index (χ0) is 20.2. The van der Waals surface area contributed by atoms with Crippen LogP contribution in [0.4, 0.5) is 5.82 Å². The third kappa shape index (κ3) is 4.58. The zero-order valence-electron chi connectivity index (χ0n) is 17.4. The minimum absolute atomic E-state index is 0.0707. The van der Waals surface area contributed by atoms with E-state index in [0.717, 1.165) is 62.8 Å². The summed E-state index contributed by atoms with van der Waals surface area (Å²) in [5, 5.41) is 0. The van der Waals surface area contributed by atoms with Crippen molar-refractivity contribution in [2.45, 2.75) is 46.2 Å². The number of benzene rings is 1. The third-order valence-corrected chi connectivity index (χ3v) is 5.82. The van der Waals surface area contributed by atoms with E-state index in [1.54, 1.807) is 0 Å². The minimum atomic E-state index is -0.0810. The fourth-order valence-electron chi connectivity index (χ4n) is 4.43. The van der Waals surface area contributed by atoms with Crippen molar-refractivity contribution in [2.24, 2.45) is 5.92 Å². The van der Waals surface area contributed by atoms with Crippen molar-refractivity contribution >= 4 is 11.8 Å². The van der Waals surface area contributed by atoms with Crippen LogP contribution in [0.3, 0.4) is 0 Å². The van der Waals surface area contributed by atoms with Crippen LogP contribution in [0.15, 0.2) is 30.3 Å². The molecule has 1 saturated heterocycles. The first-order valence-electron chi connectivity index (χ1n) is 10.7. The first-order chi connectivity index (χ1) is 14.1. The van der Waals surface area contributed by atoms with Gasteiger partial charge in [-0.15, -0.1) is 0 Å². The van der Waals surface area contributed by atoms with E-state index in [2.05, 4.69) is 40.1 Å². The number of aromatic nitrogens is 2. The number of piperidine rings is 1. The van der Waals surface area contributed by atoms with E-state index < -0.39 is 0 Å². The molecule has 6 nitrogen and oxygen atoms in total. The lowest BCUT2D eigenvalue weighted by Crippen LogP contribution is -2.41. The second-order valence-corrected chi connectivity index (χ2v) is 8.00. The van der Waals surface area contributed by atoms with E-state index in [1.807, 2.05) is 13.8 Å². The monoisotopic (exact) mass is 394 g/mol. The van der Waals surface area contributed by atoms with Gasteiger partial charge in [0.1, 0.15) is 11.6 Å². The lowest BCUT2D eigenvalue weighted by Gasteiger charge is -2.36. The summed E-state index contributed by atoms with van der Waals surface area (Å²) in [5.74, 6) is 1.67. The largest absolute Gasteiger partial charge is 0.466 e. The Balaban J connectivity index is 1.55. The normalized spacial score (nSPS) is 19.7. The second-order valence-electron chi connectivity index (χ2n) is 8.00. The van der Waals surface area contributed by atoms with Crippen LogP contribution in [0, 0.1) is 12.8 Å². The van der Waals surface area contributed by atoms with Crippen LogP contribution in [-0.2, 0) is 29.0 Å². The summed E-state index contributed by atoms with van der Waals surface area (Å²) < 4.78 is 5.28. The van der Waals surface area contributed by atoms with Crippen LogP contribution in [0.2, 0.25) is 0 Å². The third-order valence-electron chi connectivity index (χ3n) is 5.82. The molecular formula is C23H30N4O2. The lowest BCUT2D eigenvalue weighted by molar-refractivity contribution is -0.148. The van der Waals surface area contributed by atoms with Crippen molar-refractivity contribution in [2.75, 3.05) is 31.1 Å². The Bertz CT molecular complexity index is 855. The first kappa shape index (κ1) is 19.8. The quantitative estimate of drug-likeness (QED) is 0.727. The van der Waals surface area contributed by atoms with Crippen molar-refractivity contribution in [3.05, 3.63) is 53.0 Å². The van der Waals surface area contributed by atoms with Gasteiger partial charge in [-0.05, 0) is 32.3 Å². The van der Waals surface area contributed by atoms with E-state index in [4.69, 9.17) is 14.7 Å². The number of aryl methyl sites for hydroxylation is 1. The van der Waals surface area contributed by atoms with Crippen LogP contribution in [0.5, 0.6) is 0 Å². The molecule has 6 heteroatoms. The van der Waals surface area contributed by atoms with Gasteiger partial charge in [0.2, 0.25) is 0 Å². The van der Waals surface area contributed by atoms with Gasteiger partial charge in [0.15, 0.2) is 0 Å². The Morgan fingerprint density at radius 1 is 1.21 bits per heavy atom. The van der Waals surface area contributed by atoms with Gasteiger partial charge in [0.25, 0.3) is 0 Å². The van der Waals surface area contributed by atoms with E-state index in [-0.39, 0.29) is 11.9 Å². The van der Waals surface area contributed by atoms with Crippen molar-refractivity contribution in [3.8, 4) is 0 Å². The topological polar surface area (TPSA) is 58.6 Å². The molecule has 0 unspecified atom stereocenters. The number of carbonyl (C=O) groups is 1. The maximum absolute atomic E-state index is 12.3. The van der Waals surface area contributed by atoms with E-state index in [0.29, 0.717) is 13.2 Å². The Labute approximate surface area is 172 Å². The minimum Gasteiger partial charge on any atom is -0.466 e. The lowest BCUT2D eigenvalue weighted by atomic mass is 9.97. The maximum Gasteiger partial charge on any atom is 0.310 e. The number of hydrogen-bond acceptors (Lipinski definition) is 6. The molecule has 0 aliphatic carbocycles. The maximum atomic E-state index is 12.3. The van der Waals surface area contributed by atoms with Crippen molar-refractivity contribution < 1.29 is 9.53 Å². The van der Waals surface area contributed by atoms with Gasteiger partial charge in [-0.25, -0.2) is 9.97 Å².